The van der Waals surface area contributed by atoms with Gasteiger partial charge >= 0.3 is 0 Å². The highest BCUT2D eigenvalue weighted by Crippen LogP contribution is 2.42. The van der Waals surface area contributed by atoms with Gasteiger partial charge in [0.15, 0.2) is 0 Å². The first-order valence-electron chi connectivity index (χ1n) is 9.31. The number of thiazole rings is 1. The van der Waals surface area contributed by atoms with E-state index in [0.717, 1.165) is 21.2 Å². The van der Waals surface area contributed by atoms with Gasteiger partial charge in [0.25, 0.3) is 0 Å². The number of benzene rings is 3. The maximum absolute atomic E-state index is 14.3. The van der Waals surface area contributed by atoms with Gasteiger partial charge in [0.1, 0.15) is 16.6 Å². The number of phenols is 1. The molecule has 0 saturated heterocycles. The fraction of sp³-hybridized carbons (Fsp3) is 0. The van der Waals surface area contributed by atoms with Gasteiger partial charge in [-0.25, -0.2) is 9.37 Å². The summed E-state index contributed by atoms with van der Waals surface area (Å²) in [5.74, 6) is -0.894. The number of carbonyl (C=O) groups is 1. The molecule has 0 amide bonds. The van der Waals surface area contributed by atoms with Crippen molar-refractivity contribution in [3.8, 4) is 33.3 Å². The Kier molecular flexibility index (Phi) is 4.77. The average molecular weight is 448 g/mol. The third kappa shape index (κ3) is 3.48. The quantitative estimate of drug-likeness (QED) is 0.310. The van der Waals surface area contributed by atoms with Gasteiger partial charge in [-0.1, -0.05) is 36.4 Å². The Morgan fingerprint density at radius 3 is 2.39 bits per heavy atom. The van der Waals surface area contributed by atoms with Crippen molar-refractivity contribution in [3.05, 3.63) is 88.4 Å². The van der Waals surface area contributed by atoms with E-state index in [0.29, 0.717) is 15.4 Å². The van der Waals surface area contributed by atoms with Crippen LogP contribution in [0, 0.1) is 5.82 Å². The van der Waals surface area contributed by atoms with Crippen molar-refractivity contribution in [1.82, 2.24) is 4.98 Å². The largest absolute Gasteiger partial charge is 0.508 e. The van der Waals surface area contributed by atoms with E-state index in [9.17, 15) is 19.4 Å². The number of thiophene rings is 1. The Balaban J connectivity index is 1.68. The summed E-state index contributed by atoms with van der Waals surface area (Å²) in [5, 5.41) is 22.5. The minimum absolute atomic E-state index is 0.00871. The van der Waals surface area contributed by atoms with E-state index in [4.69, 9.17) is 0 Å². The number of ketones is 1. The first-order valence-corrected chi connectivity index (χ1v) is 11.0. The fourth-order valence-electron chi connectivity index (χ4n) is 3.48. The number of hydrogen-bond donors (Lipinski definition) is 2. The van der Waals surface area contributed by atoms with Crippen LogP contribution < -0.4 is 0 Å². The van der Waals surface area contributed by atoms with Crippen LogP contribution in [0.2, 0.25) is 0 Å². The third-order valence-corrected chi connectivity index (χ3v) is 6.94. The number of hydrogen-bond acceptors (Lipinski definition) is 6. The maximum atomic E-state index is 14.3. The van der Waals surface area contributed by atoms with E-state index in [-0.39, 0.29) is 17.2 Å². The Labute approximate surface area is 184 Å². The summed E-state index contributed by atoms with van der Waals surface area (Å²) in [6.45, 7) is 0. The van der Waals surface area contributed by atoms with Gasteiger partial charge < -0.3 is 10.2 Å². The molecule has 0 bridgehead atoms. The van der Waals surface area contributed by atoms with E-state index >= 15 is 0 Å². The molecule has 0 spiro atoms. The van der Waals surface area contributed by atoms with Gasteiger partial charge in [-0.3, -0.25) is 4.79 Å². The molecule has 0 atom stereocenters. The van der Waals surface area contributed by atoms with E-state index < -0.39 is 11.6 Å². The van der Waals surface area contributed by atoms with Crippen LogP contribution in [0.5, 0.6) is 11.6 Å². The molecule has 7 heteroatoms. The highest BCUT2D eigenvalue weighted by atomic mass is 32.1. The molecule has 0 radical (unpaired) electrons. The molecule has 0 fully saturated rings. The number of aromatic nitrogens is 1. The third-order valence-electron chi connectivity index (χ3n) is 4.91. The van der Waals surface area contributed by atoms with Crippen molar-refractivity contribution < 1.29 is 19.4 Å². The molecular formula is C24H14FNO3S2. The molecule has 5 rings (SSSR count). The van der Waals surface area contributed by atoms with E-state index in [1.807, 2.05) is 24.3 Å². The van der Waals surface area contributed by atoms with Crippen LogP contribution in [0.25, 0.3) is 31.8 Å². The van der Waals surface area contributed by atoms with Crippen LogP contribution in [-0.2, 0) is 0 Å². The van der Waals surface area contributed by atoms with Gasteiger partial charge in [-0.05, 0) is 35.9 Å². The molecule has 0 unspecified atom stereocenters. The zero-order valence-corrected chi connectivity index (χ0v) is 17.5. The van der Waals surface area contributed by atoms with Crippen LogP contribution in [0.15, 0.2) is 72.1 Å². The molecule has 152 valence electrons. The van der Waals surface area contributed by atoms with Gasteiger partial charge in [0.05, 0.1) is 15.8 Å². The predicted molar refractivity (Wildman–Crippen MR) is 122 cm³/mol. The topological polar surface area (TPSA) is 70.4 Å². The predicted octanol–water partition coefficient (Wildman–Crippen LogP) is 6.47. The van der Waals surface area contributed by atoms with Crippen molar-refractivity contribution in [2.24, 2.45) is 0 Å². The van der Waals surface area contributed by atoms with Crippen molar-refractivity contribution in [2.45, 2.75) is 0 Å². The van der Waals surface area contributed by atoms with Crippen LogP contribution in [-0.4, -0.2) is 21.0 Å². The molecule has 0 aliphatic heterocycles. The summed E-state index contributed by atoms with van der Waals surface area (Å²) in [6, 6.07) is 18.4. The van der Waals surface area contributed by atoms with Crippen molar-refractivity contribution in [3.63, 3.8) is 0 Å². The molecule has 2 heterocycles. The number of halogens is 1. The summed E-state index contributed by atoms with van der Waals surface area (Å²) in [7, 11) is 0. The van der Waals surface area contributed by atoms with Crippen molar-refractivity contribution in [1.29, 1.82) is 0 Å². The number of carbonyl (C=O) groups excluding carboxylic acids is 1. The molecule has 2 N–H and O–H groups in total. The molecular weight excluding hydrogens is 433 g/mol. The van der Waals surface area contributed by atoms with Gasteiger partial charge in [0, 0.05) is 21.2 Å². The lowest BCUT2D eigenvalue weighted by molar-refractivity contribution is 0.103. The van der Waals surface area contributed by atoms with E-state index in [1.54, 1.807) is 35.7 Å². The number of nitrogens with zero attached hydrogens (tertiary/aromatic N) is 1. The second-order valence-corrected chi connectivity index (χ2v) is 8.79. The second-order valence-electron chi connectivity index (χ2n) is 6.88. The second kappa shape index (κ2) is 7.61. The minimum atomic E-state index is -0.572. The van der Waals surface area contributed by atoms with Gasteiger partial charge in [-0.2, -0.15) is 0 Å². The van der Waals surface area contributed by atoms with E-state index in [1.165, 1.54) is 34.8 Å². The zero-order valence-electron chi connectivity index (χ0n) is 15.9. The Morgan fingerprint density at radius 2 is 1.68 bits per heavy atom. The fourth-order valence-corrected chi connectivity index (χ4v) is 5.38. The lowest BCUT2D eigenvalue weighted by Crippen LogP contribution is -2.03. The Bertz CT molecular complexity index is 1440. The number of aromatic hydroxyl groups is 2. The lowest BCUT2D eigenvalue weighted by Gasteiger charge is -2.07. The van der Waals surface area contributed by atoms with Crippen LogP contribution in [0.1, 0.15) is 15.2 Å². The number of phenolic OH excluding ortho intramolecular Hbond substituents is 1. The molecule has 0 aliphatic rings. The highest BCUT2D eigenvalue weighted by molar-refractivity contribution is 7.21. The smallest absolute Gasteiger partial charge is 0.222 e. The van der Waals surface area contributed by atoms with Crippen molar-refractivity contribution in [2.75, 3.05) is 0 Å². The van der Waals surface area contributed by atoms with E-state index in [2.05, 4.69) is 4.98 Å². The number of fused-ring (bicyclic) bond motifs is 1. The molecule has 5 aromatic rings. The van der Waals surface area contributed by atoms with Gasteiger partial charge in [-0.15, -0.1) is 22.7 Å². The average Bonchev–Trinajstić information content (AvgIpc) is 3.37. The van der Waals surface area contributed by atoms with Crippen LogP contribution in [0.4, 0.5) is 4.39 Å². The standard InChI is InChI=1S/C24H14FNO3S2/c25-18-4-2-1-3-16(18)22(29)23-21(17-10-9-15(27)11-19(17)31-23)13-5-7-14(8-6-13)24-26-20(28)12-30-24/h1-12,27-28H. The molecule has 0 aliphatic carbocycles. The summed E-state index contributed by atoms with van der Waals surface area (Å²) in [4.78, 5) is 17.8. The number of rotatable bonds is 4. The maximum Gasteiger partial charge on any atom is 0.222 e. The molecule has 31 heavy (non-hydrogen) atoms. The summed E-state index contributed by atoms with van der Waals surface area (Å²) in [6.07, 6.45) is 0. The first-order chi connectivity index (χ1) is 15.0. The van der Waals surface area contributed by atoms with Crippen LogP contribution >= 0.6 is 22.7 Å². The summed E-state index contributed by atoms with van der Waals surface area (Å²) < 4.78 is 15.1. The monoisotopic (exact) mass is 447 g/mol. The lowest BCUT2D eigenvalue weighted by atomic mass is 9.97. The minimum Gasteiger partial charge on any atom is -0.508 e. The van der Waals surface area contributed by atoms with Crippen LogP contribution in [0.3, 0.4) is 0 Å². The Hall–Kier alpha value is -3.55. The highest BCUT2D eigenvalue weighted by Gasteiger charge is 2.23. The zero-order chi connectivity index (χ0) is 21.5. The normalized spacial score (nSPS) is 11.1. The van der Waals surface area contributed by atoms with Crippen molar-refractivity contribution >= 4 is 38.5 Å². The first kappa shape index (κ1) is 19.4. The SMILES string of the molecule is O=C(c1ccccc1F)c1sc2cc(O)ccc2c1-c1ccc(-c2nc(O)cs2)cc1. The summed E-state index contributed by atoms with van der Waals surface area (Å²) in [5.41, 5.74) is 2.34. The molecule has 4 nitrogen and oxygen atoms in total. The molecule has 3 aromatic carbocycles. The van der Waals surface area contributed by atoms with Gasteiger partial charge in [0.2, 0.25) is 11.7 Å². The summed E-state index contributed by atoms with van der Waals surface area (Å²) >= 11 is 2.56. The molecule has 2 aromatic heterocycles. The Morgan fingerprint density at radius 1 is 0.935 bits per heavy atom. The molecule has 0 saturated carbocycles.